The van der Waals surface area contributed by atoms with E-state index in [0.29, 0.717) is 18.2 Å². The van der Waals surface area contributed by atoms with E-state index in [1.165, 1.54) is 17.3 Å². The van der Waals surface area contributed by atoms with Crippen LogP contribution in [0.3, 0.4) is 0 Å². The molecule has 4 rings (SSSR count). The van der Waals surface area contributed by atoms with E-state index < -0.39 is 6.10 Å². The zero-order valence-electron chi connectivity index (χ0n) is 19.0. The number of nitrogens with zero attached hydrogens (tertiary/aromatic N) is 2. The number of β-amino-alcohol motifs (C(OH)–C–C–N with tert-alkyl or cyclic N) is 1. The summed E-state index contributed by atoms with van der Waals surface area (Å²) in [6.45, 7) is 9.10. The van der Waals surface area contributed by atoms with Gasteiger partial charge in [-0.1, -0.05) is 26.0 Å². The Labute approximate surface area is 189 Å². The van der Waals surface area contributed by atoms with Crippen molar-refractivity contribution < 1.29 is 9.84 Å². The number of piperazine rings is 1. The molecule has 0 aliphatic carbocycles. The van der Waals surface area contributed by atoms with Gasteiger partial charge in [0.1, 0.15) is 18.5 Å². The minimum absolute atomic E-state index is 0.121. The van der Waals surface area contributed by atoms with Crippen LogP contribution in [0.5, 0.6) is 5.75 Å². The Morgan fingerprint density at radius 1 is 1.00 bits per heavy atom. The van der Waals surface area contributed by atoms with Crippen molar-refractivity contribution in [3.05, 3.63) is 70.5 Å². The number of aromatic nitrogens is 1. The molecule has 0 spiro atoms. The number of hydrogen-bond donors (Lipinski definition) is 2. The smallest absolute Gasteiger partial charge is 0.248 e. The lowest BCUT2D eigenvalue weighted by Crippen LogP contribution is -2.49. The van der Waals surface area contributed by atoms with Crippen molar-refractivity contribution >= 4 is 16.6 Å². The second-order valence-electron chi connectivity index (χ2n) is 9.09. The van der Waals surface area contributed by atoms with E-state index in [4.69, 9.17) is 4.74 Å². The topological polar surface area (TPSA) is 68.8 Å². The first-order valence-electron chi connectivity index (χ1n) is 11.5. The summed E-state index contributed by atoms with van der Waals surface area (Å²) in [6.07, 6.45) is 0.565. The van der Waals surface area contributed by atoms with Crippen molar-refractivity contribution in [1.29, 1.82) is 0 Å². The van der Waals surface area contributed by atoms with Gasteiger partial charge in [-0.3, -0.25) is 9.69 Å². The molecule has 0 bridgehead atoms. The molecule has 32 heavy (non-hydrogen) atoms. The highest BCUT2D eigenvalue weighted by atomic mass is 16.5. The number of aromatic amines is 1. The first-order valence-corrected chi connectivity index (χ1v) is 11.5. The van der Waals surface area contributed by atoms with Crippen molar-refractivity contribution in [3.8, 4) is 5.75 Å². The maximum absolute atomic E-state index is 11.4. The molecule has 0 saturated carbocycles. The van der Waals surface area contributed by atoms with E-state index in [2.05, 4.69) is 52.9 Å². The first-order chi connectivity index (χ1) is 15.5. The number of ether oxygens (including phenoxy) is 1. The van der Waals surface area contributed by atoms with Gasteiger partial charge in [-0.15, -0.1) is 0 Å². The quantitative estimate of drug-likeness (QED) is 0.568. The van der Waals surface area contributed by atoms with Gasteiger partial charge in [0, 0.05) is 55.4 Å². The maximum Gasteiger partial charge on any atom is 0.248 e. The van der Waals surface area contributed by atoms with Gasteiger partial charge < -0.3 is 19.7 Å². The van der Waals surface area contributed by atoms with E-state index in [0.717, 1.165) is 43.5 Å². The fraction of sp³-hybridized carbons (Fsp3) is 0.423. The second kappa shape index (κ2) is 10.2. The molecule has 6 nitrogen and oxygen atoms in total. The van der Waals surface area contributed by atoms with Crippen molar-refractivity contribution in [3.63, 3.8) is 0 Å². The highest BCUT2D eigenvalue weighted by Gasteiger charge is 2.20. The monoisotopic (exact) mass is 435 g/mol. The summed E-state index contributed by atoms with van der Waals surface area (Å²) in [7, 11) is 0. The van der Waals surface area contributed by atoms with Gasteiger partial charge in [-0.05, 0) is 54.3 Å². The molecule has 3 aromatic rings. The van der Waals surface area contributed by atoms with E-state index >= 15 is 0 Å². The normalized spacial score (nSPS) is 15.9. The number of anilines is 1. The van der Waals surface area contributed by atoms with Gasteiger partial charge in [0.25, 0.3) is 0 Å². The Kier molecular flexibility index (Phi) is 7.12. The highest BCUT2D eigenvalue weighted by Crippen LogP contribution is 2.20. The molecule has 0 amide bonds. The van der Waals surface area contributed by atoms with Crippen LogP contribution in [0.2, 0.25) is 0 Å². The van der Waals surface area contributed by atoms with Crippen LogP contribution >= 0.6 is 0 Å². The maximum atomic E-state index is 11.4. The van der Waals surface area contributed by atoms with Crippen LogP contribution in [0.1, 0.15) is 19.4 Å². The molecular formula is C26H33N3O3. The minimum Gasteiger partial charge on any atom is -0.491 e. The van der Waals surface area contributed by atoms with Crippen molar-refractivity contribution in [2.24, 2.45) is 5.92 Å². The molecule has 1 aromatic heterocycles. The van der Waals surface area contributed by atoms with Gasteiger partial charge in [0.2, 0.25) is 5.56 Å². The van der Waals surface area contributed by atoms with Crippen LogP contribution in [0.25, 0.3) is 10.9 Å². The number of aliphatic hydroxyl groups excluding tert-OH is 1. The average molecular weight is 436 g/mol. The number of H-pyrrole nitrogens is 1. The van der Waals surface area contributed by atoms with Gasteiger partial charge in [-0.25, -0.2) is 0 Å². The number of nitrogens with one attached hydrogen (secondary N) is 1. The zero-order valence-corrected chi connectivity index (χ0v) is 19.0. The molecule has 1 unspecified atom stereocenters. The van der Waals surface area contributed by atoms with Crippen LogP contribution in [0, 0.1) is 5.92 Å². The second-order valence-corrected chi connectivity index (χ2v) is 9.09. The largest absolute Gasteiger partial charge is 0.491 e. The SMILES string of the molecule is CC(C)Cc1ccc(N2CCN(CC(O)COc3ccc4[nH]c(=O)ccc4c3)CC2)cc1. The van der Waals surface area contributed by atoms with E-state index in [1.807, 2.05) is 18.2 Å². The van der Waals surface area contributed by atoms with Crippen LogP contribution in [0.15, 0.2) is 59.4 Å². The molecule has 0 radical (unpaired) electrons. The molecule has 1 saturated heterocycles. The van der Waals surface area contributed by atoms with Gasteiger partial charge >= 0.3 is 0 Å². The summed E-state index contributed by atoms with van der Waals surface area (Å²) in [4.78, 5) is 18.9. The summed E-state index contributed by atoms with van der Waals surface area (Å²) in [5.41, 5.74) is 3.33. The lowest BCUT2D eigenvalue weighted by Gasteiger charge is -2.37. The third-order valence-corrected chi connectivity index (χ3v) is 5.92. The molecule has 1 aliphatic rings. The zero-order chi connectivity index (χ0) is 22.5. The van der Waals surface area contributed by atoms with Gasteiger partial charge in [-0.2, -0.15) is 0 Å². The number of rotatable bonds is 8. The number of pyridine rings is 1. The lowest BCUT2D eigenvalue weighted by molar-refractivity contribution is 0.0663. The number of fused-ring (bicyclic) bond motifs is 1. The molecule has 6 heteroatoms. The summed E-state index contributed by atoms with van der Waals surface area (Å²) in [6, 6.07) is 17.7. The molecule has 2 heterocycles. The lowest BCUT2D eigenvalue weighted by atomic mass is 10.0. The standard InChI is InChI=1S/C26H33N3O3/c1-19(2)15-20-3-6-22(7-4-20)29-13-11-28(12-14-29)17-23(30)18-32-24-8-9-25-21(16-24)5-10-26(31)27-25/h3-10,16,19,23,30H,11-15,17-18H2,1-2H3,(H,27,31). The summed E-state index contributed by atoms with van der Waals surface area (Å²) < 4.78 is 5.80. The summed E-state index contributed by atoms with van der Waals surface area (Å²) in [5, 5.41) is 11.4. The minimum atomic E-state index is -0.553. The summed E-state index contributed by atoms with van der Waals surface area (Å²) >= 11 is 0. The fourth-order valence-electron chi connectivity index (χ4n) is 4.27. The molecule has 1 fully saturated rings. The fourth-order valence-corrected chi connectivity index (χ4v) is 4.27. The number of aliphatic hydroxyl groups is 1. The van der Waals surface area contributed by atoms with E-state index in [1.54, 1.807) is 6.07 Å². The molecule has 1 atom stereocenters. The summed E-state index contributed by atoms with van der Waals surface area (Å²) in [5.74, 6) is 1.36. The molecule has 2 N–H and O–H groups in total. The molecule has 2 aromatic carbocycles. The molecular weight excluding hydrogens is 402 g/mol. The van der Waals surface area contributed by atoms with Crippen LogP contribution in [-0.2, 0) is 6.42 Å². The third kappa shape index (κ3) is 5.90. The number of benzene rings is 2. The Morgan fingerprint density at radius 2 is 1.75 bits per heavy atom. The van der Waals surface area contributed by atoms with E-state index in [-0.39, 0.29) is 12.2 Å². The van der Waals surface area contributed by atoms with Crippen molar-refractivity contribution in [2.75, 3.05) is 44.2 Å². The Morgan fingerprint density at radius 3 is 2.47 bits per heavy atom. The Bertz CT molecular complexity index is 1070. The van der Waals surface area contributed by atoms with E-state index in [9.17, 15) is 9.90 Å². The Balaban J connectivity index is 1.22. The number of hydrogen-bond acceptors (Lipinski definition) is 5. The highest BCUT2D eigenvalue weighted by molar-refractivity contribution is 5.79. The Hall–Kier alpha value is -2.83. The van der Waals surface area contributed by atoms with Crippen LogP contribution in [-0.4, -0.2) is 60.4 Å². The van der Waals surface area contributed by atoms with Crippen molar-refractivity contribution in [2.45, 2.75) is 26.4 Å². The van der Waals surface area contributed by atoms with Gasteiger partial charge in [0.05, 0.1) is 0 Å². The van der Waals surface area contributed by atoms with Gasteiger partial charge in [0.15, 0.2) is 0 Å². The first kappa shape index (κ1) is 22.4. The van der Waals surface area contributed by atoms with Crippen LogP contribution < -0.4 is 15.2 Å². The predicted molar refractivity (Wildman–Crippen MR) is 130 cm³/mol. The van der Waals surface area contributed by atoms with Crippen molar-refractivity contribution in [1.82, 2.24) is 9.88 Å². The average Bonchev–Trinajstić information content (AvgIpc) is 2.78. The van der Waals surface area contributed by atoms with Crippen LogP contribution in [0.4, 0.5) is 5.69 Å². The molecule has 170 valence electrons. The predicted octanol–water partition coefficient (Wildman–Crippen LogP) is 3.29. The third-order valence-electron chi connectivity index (χ3n) is 5.92. The molecule has 1 aliphatic heterocycles.